The third-order valence-electron chi connectivity index (χ3n) is 2.09. The van der Waals surface area contributed by atoms with Crippen LogP contribution < -0.4 is 40.8 Å². The van der Waals surface area contributed by atoms with Gasteiger partial charge in [0.1, 0.15) is 0 Å². The SMILES string of the molecule is CC(C)(C)NN.Cc1ccccc1.O=C(Cl)c1ccco1.[Na+]. The predicted octanol–water partition coefficient (Wildman–Crippen LogP) is 0.906. The number of nitrogens with one attached hydrogen (secondary N) is 1. The predicted molar refractivity (Wildman–Crippen MR) is 87.1 cm³/mol. The Morgan fingerprint density at radius 2 is 1.64 bits per heavy atom. The molecule has 0 atom stereocenters. The van der Waals surface area contributed by atoms with Crippen LogP contribution in [0.2, 0.25) is 0 Å². The van der Waals surface area contributed by atoms with Crippen molar-refractivity contribution in [3.63, 3.8) is 0 Å². The number of hydrogen-bond acceptors (Lipinski definition) is 4. The molecule has 2 aromatic rings. The summed E-state index contributed by atoms with van der Waals surface area (Å²) < 4.78 is 4.61. The Morgan fingerprint density at radius 3 is 1.82 bits per heavy atom. The molecule has 0 amide bonds. The van der Waals surface area contributed by atoms with E-state index in [-0.39, 0.29) is 40.9 Å². The molecular weight excluding hydrogens is 311 g/mol. The van der Waals surface area contributed by atoms with Crippen LogP contribution in [0, 0.1) is 6.92 Å². The average Bonchev–Trinajstić information content (AvgIpc) is 2.94. The normalized spacial score (nSPS) is 9.36. The number of aryl methyl sites for hydroxylation is 1. The van der Waals surface area contributed by atoms with Crippen molar-refractivity contribution in [2.24, 2.45) is 5.84 Å². The van der Waals surface area contributed by atoms with Crippen LogP contribution in [-0.2, 0) is 0 Å². The molecule has 0 aliphatic heterocycles. The standard InChI is InChI=1S/C7H8.C5H3ClO2.C4H12N2.Na/c1-7-5-3-2-4-6-7;6-5(7)4-2-1-3-8-4;1-4(2,3)6-5;/h2-6H,1H3;1-3H;6H,5H2,1-3H3;/q;;;+1. The summed E-state index contributed by atoms with van der Waals surface area (Å²) in [6.07, 6.45) is 1.40. The van der Waals surface area contributed by atoms with Crippen molar-refractivity contribution in [2.45, 2.75) is 33.2 Å². The third kappa shape index (κ3) is 14.3. The van der Waals surface area contributed by atoms with Crippen molar-refractivity contribution in [1.29, 1.82) is 0 Å². The van der Waals surface area contributed by atoms with E-state index in [1.165, 1.54) is 17.9 Å². The van der Waals surface area contributed by atoms with Crippen molar-refractivity contribution >= 4 is 16.8 Å². The summed E-state index contributed by atoms with van der Waals surface area (Å²) in [5.41, 5.74) is 4.00. The van der Waals surface area contributed by atoms with Crippen LogP contribution in [0.15, 0.2) is 53.1 Å². The number of carbonyl (C=O) groups excluding carboxylic acids is 1. The fourth-order valence-corrected chi connectivity index (χ4v) is 1.03. The minimum absolute atomic E-state index is 0. The van der Waals surface area contributed by atoms with Gasteiger partial charge in [0.25, 0.3) is 5.24 Å². The number of benzene rings is 1. The smallest absolute Gasteiger partial charge is 0.460 e. The molecule has 0 saturated heterocycles. The molecule has 1 heterocycles. The molecule has 0 aliphatic rings. The molecule has 22 heavy (non-hydrogen) atoms. The number of rotatable bonds is 1. The fraction of sp³-hybridized carbons (Fsp3) is 0.312. The van der Waals surface area contributed by atoms with Crippen LogP contribution in [0.5, 0.6) is 0 Å². The number of hydrogen-bond donors (Lipinski definition) is 2. The molecule has 0 bridgehead atoms. The number of halogens is 1. The summed E-state index contributed by atoms with van der Waals surface area (Å²) in [5.74, 6) is 5.24. The molecule has 6 heteroatoms. The van der Waals surface area contributed by atoms with E-state index < -0.39 is 5.24 Å². The van der Waals surface area contributed by atoms with Gasteiger partial charge >= 0.3 is 29.6 Å². The van der Waals surface area contributed by atoms with E-state index in [0.717, 1.165) is 0 Å². The van der Waals surface area contributed by atoms with Gasteiger partial charge in [0.15, 0.2) is 5.76 Å². The molecule has 116 valence electrons. The van der Waals surface area contributed by atoms with E-state index in [9.17, 15) is 4.79 Å². The first-order valence-corrected chi connectivity index (χ1v) is 6.87. The topological polar surface area (TPSA) is 68.3 Å². The van der Waals surface area contributed by atoms with E-state index in [1.807, 2.05) is 39.0 Å². The summed E-state index contributed by atoms with van der Waals surface area (Å²) in [4.78, 5) is 10.2. The molecule has 0 fully saturated rings. The van der Waals surface area contributed by atoms with Crippen molar-refractivity contribution < 1.29 is 38.8 Å². The van der Waals surface area contributed by atoms with Crippen molar-refractivity contribution in [3.05, 3.63) is 60.1 Å². The first-order chi connectivity index (χ1) is 9.76. The van der Waals surface area contributed by atoms with Crippen LogP contribution in [0.3, 0.4) is 0 Å². The second-order valence-corrected chi connectivity index (χ2v) is 5.64. The summed E-state index contributed by atoms with van der Waals surface area (Å²) in [6, 6.07) is 13.4. The maximum absolute atomic E-state index is 10.2. The minimum Gasteiger partial charge on any atom is -0.460 e. The van der Waals surface area contributed by atoms with Gasteiger partial charge in [0, 0.05) is 5.54 Å². The molecule has 0 spiro atoms. The molecule has 1 aromatic carbocycles. The second-order valence-electron chi connectivity index (χ2n) is 5.30. The van der Waals surface area contributed by atoms with E-state index >= 15 is 0 Å². The first kappa shape index (κ1) is 23.6. The van der Waals surface area contributed by atoms with Crippen molar-refractivity contribution in [2.75, 3.05) is 0 Å². The number of hydrazine groups is 1. The van der Waals surface area contributed by atoms with Gasteiger partial charge in [0.05, 0.1) is 6.26 Å². The number of carbonyl (C=O) groups is 1. The third-order valence-corrected chi connectivity index (χ3v) is 2.27. The molecule has 2 rings (SSSR count). The largest absolute Gasteiger partial charge is 1.00 e. The maximum atomic E-state index is 10.2. The fourth-order valence-electron chi connectivity index (χ4n) is 0.925. The first-order valence-electron chi connectivity index (χ1n) is 6.49. The maximum Gasteiger partial charge on any atom is 1.00 e. The zero-order valence-corrected chi connectivity index (χ0v) is 16.6. The average molecular weight is 334 g/mol. The minimum atomic E-state index is -0.560. The monoisotopic (exact) mass is 333 g/mol. The zero-order chi connectivity index (χ0) is 16.3. The molecule has 3 N–H and O–H groups in total. The summed E-state index contributed by atoms with van der Waals surface area (Å²) in [6.45, 7) is 8.10. The van der Waals surface area contributed by atoms with Gasteiger partial charge in [-0.25, -0.2) is 0 Å². The van der Waals surface area contributed by atoms with Crippen LogP contribution >= 0.6 is 11.6 Å². The van der Waals surface area contributed by atoms with Gasteiger partial charge in [-0.1, -0.05) is 35.9 Å². The molecule has 0 saturated carbocycles. The summed E-state index contributed by atoms with van der Waals surface area (Å²) >= 11 is 5.01. The van der Waals surface area contributed by atoms with Gasteiger partial charge in [-0.2, -0.15) is 0 Å². The van der Waals surface area contributed by atoms with E-state index in [4.69, 9.17) is 17.4 Å². The van der Waals surface area contributed by atoms with Crippen LogP contribution in [0.25, 0.3) is 0 Å². The number of furan rings is 1. The van der Waals surface area contributed by atoms with Gasteiger partial charge < -0.3 is 4.42 Å². The number of nitrogens with two attached hydrogens (primary N) is 1. The van der Waals surface area contributed by atoms with Gasteiger partial charge in [-0.05, 0) is 51.4 Å². The van der Waals surface area contributed by atoms with E-state index in [2.05, 4.69) is 28.9 Å². The molecule has 0 radical (unpaired) electrons. The Labute approximate surface area is 159 Å². The Morgan fingerprint density at radius 1 is 1.14 bits per heavy atom. The Kier molecular flexibility index (Phi) is 13.8. The Bertz CT molecular complexity index is 497. The zero-order valence-electron chi connectivity index (χ0n) is 13.9. The Hall–Kier alpha value is -0.620. The van der Waals surface area contributed by atoms with Crippen LogP contribution in [0.4, 0.5) is 0 Å². The summed E-state index contributed by atoms with van der Waals surface area (Å²) in [7, 11) is 0. The Balaban J connectivity index is 0. The van der Waals surface area contributed by atoms with Crippen molar-refractivity contribution in [3.8, 4) is 0 Å². The van der Waals surface area contributed by atoms with E-state index in [1.54, 1.807) is 6.07 Å². The molecule has 1 aromatic heterocycles. The van der Waals surface area contributed by atoms with Gasteiger partial charge in [0.2, 0.25) is 0 Å². The summed E-state index contributed by atoms with van der Waals surface area (Å²) in [5, 5.41) is -0.560. The van der Waals surface area contributed by atoms with Crippen LogP contribution in [0.1, 0.15) is 36.9 Å². The second kappa shape index (κ2) is 12.9. The molecule has 4 nitrogen and oxygen atoms in total. The van der Waals surface area contributed by atoms with Crippen molar-refractivity contribution in [1.82, 2.24) is 5.43 Å². The van der Waals surface area contributed by atoms with Crippen LogP contribution in [-0.4, -0.2) is 10.8 Å². The van der Waals surface area contributed by atoms with E-state index in [0.29, 0.717) is 0 Å². The molecular formula is C16H23ClN2NaO2+. The quantitative estimate of drug-likeness (QED) is 0.352. The molecule has 0 aliphatic carbocycles. The van der Waals surface area contributed by atoms with Gasteiger partial charge in [-0.15, -0.1) is 0 Å². The van der Waals surface area contributed by atoms with Gasteiger partial charge in [-0.3, -0.25) is 16.1 Å². The molecule has 0 unspecified atom stereocenters.